The van der Waals surface area contributed by atoms with E-state index in [4.69, 9.17) is 4.84 Å². The third kappa shape index (κ3) is 2.07. The molecule has 116 valence electrons. The predicted octanol–water partition coefficient (Wildman–Crippen LogP) is -1.62. The molecule has 1 amide bonds. The summed E-state index contributed by atoms with van der Waals surface area (Å²) < 4.78 is 0.368. The first-order valence-corrected chi connectivity index (χ1v) is 7.20. The van der Waals surface area contributed by atoms with Crippen molar-refractivity contribution in [3.8, 4) is 0 Å². The van der Waals surface area contributed by atoms with Gasteiger partial charge in [-0.05, 0) is 18.9 Å². The van der Waals surface area contributed by atoms with Crippen LogP contribution in [-0.4, -0.2) is 65.4 Å². The molecular formula is C14H20N2O5. The zero-order valence-corrected chi connectivity index (χ0v) is 12.4. The molecule has 0 aliphatic carbocycles. The van der Waals surface area contributed by atoms with Gasteiger partial charge in [-0.2, -0.15) is 9.48 Å². The molecule has 0 aromatic carbocycles. The van der Waals surface area contributed by atoms with Crippen LogP contribution in [0.2, 0.25) is 0 Å². The summed E-state index contributed by atoms with van der Waals surface area (Å²) in [4.78, 5) is 30.7. The lowest BCUT2D eigenvalue weighted by Gasteiger charge is -2.45. The Morgan fingerprint density at radius 2 is 2.19 bits per heavy atom. The van der Waals surface area contributed by atoms with Crippen molar-refractivity contribution in [3.05, 3.63) is 11.3 Å². The molecule has 0 radical (unpaired) electrons. The highest BCUT2D eigenvalue weighted by Gasteiger charge is 2.57. The molecule has 1 N–H and O–H groups in total. The molecule has 0 aromatic rings. The fraction of sp³-hybridized carbons (Fsp3) is 0.714. The van der Waals surface area contributed by atoms with Gasteiger partial charge in [0.2, 0.25) is 5.91 Å². The van der Waals surface area contributed by atoms with Gasteiger partial charge < -0.3 is 19.9 Å². The summed E-state index contributed by atoms with van der Waals surface area (Å²) in [5, 5.41) is 21.1. The maximum absolute atomic E-state index is 12.1. The van der Waals surface area contributed by atoms with Crippen molar-refractivity contribution in [1.29, 1.82) is 0 Å². The first-order valence-electron chi connectivity index (χ1n) is 7.20. The molecule has 3 rings (SSSR count). The summed E-state index contributed by atoms with van der Waals surface area (Å²) in [5.74, 6) is -2.21. The van der Waals surface area contributed by atoms with Crippen LogP contribution in [-0.2, 0) is 14.4 Å². The Bertz CT molecular complexity index is 539. The third-order valence-electron chi connectivity index (χ3n) is 4.69. The van der Waals surface area contributed by atoms with Gasteiger partial charge in [0.25, 0.3) is 0 Å². The SMILES string of the molecule is C[C@@H](O)[C@H]1C(=O)N2C(C(=O)[O-])=C([C@H]3CC[N+](C)(C)O3)C[C@H]12. The maximum Gasteiger partial charge on any atom is 0.235 e. The monoisotopic (exact) mass is 296 g/mol. The molecule has 3 aliphatic rings. The molecule has 2 fully saturated rings. The van der Waals surface area contributed by atoms with Crippen molar-refractivity contribution in [2.45, 2.75) is 38.0 Å². The van der Waals surface area contributed by atoms with E-state index in [1.54, 1.807) is 6.92 Å². The number of carbonyl (C=O) groups is 2. The summed E-state index contributed by atoms with van der Waals surface area (Å²) in [7, 11) is 3.82. The van der Waals surface area contributed by atoms with Crippen LogP contribution in [0.25, 0.3) is 0 Å². The van der Waals surface area contributed by atoms with Crippen molar-refractivity contribution in [3.63, 3.8) is 0 Å². The average Bonchev–Trinajstić information content (AvgIpc) is 2.86. The van der Waals surface area contributed by atoms with E-state index < -0.39 is 18.0 Å². The summed E-state index contributed by atoms with van der Waals surface area (Å²) in [6.45, 7) is 2.34. The van der Waals surface area contributed by atoms with Crippen molar-refractivity contribution >= 4 is 11.9 Å². The number of amides is 1. The number of carboxylic acids is 1. The first kappa shape index (κ1) is 14.5. The summed E-state index contributed by atoms with van der Waals surface area (Å²) in [5.41, 5.74) is 0.578. The Balaban J connectivity index is 1.90. The molecule has 3 aliphatic heterocycles. The van der Waals surface area contributed by atoms with Gasteiger partial charge in [-0.25, -0.2) is 0 Å². The van der Waals surface area contributed by atoms with E-state index in [2.05, 4.69) is 0 Å². The lowest BCUT2D eigenvalue weighted by atomic mass is 9.82. The topological polar surface area (TPSA) is 89.9 Å². The molecule has 3 heterocycles. The minimum atomic E-state index is -1.34. The molecule has 7 heteroatoms. The first-order chi connectivity index (χ1) is 9.73. The van der Waals surface area contributed by atoms with Gasteiger partial charge in [0, 0.05) is 6.42 Å². The Hall–Kier alpha value is -1.44. The number of carbonyl (C=O) groups excluding carboxylic acids is 2. The molecule has 7 nitrogen and oxygen atoms in total. The van der Waals surface area contributed by atoms with E-state index in [0.29, 0.717) is 23.1 Å². The molecule has 0 aromatic heterocycles. The Morgan fingerprint density at radius 1 is 1.52 bits per heavy atom. The molecule has 21 heavy (non-hydrogen) atoms. The number of hydrogen-bond acceptors (Lipinski definition) is 5. The highest BCUT2D eigenvalue weighted by atomic mass is 16.7. The number of aliphatic hydroxyl groups is 1. The normalized spacial score (nSPS) is 35.7. The van der Waals surface area contributed by atoms with E-state index in [9.17, 15) is 19.8 Å². The van der Waals surface area contributed by atoms with Crippen molar-refractivity contribution in [1.82, 2.24) is 4.90 Å². The number of nitrogens with zero attached hydrogens (tertiary/aromatic N) is 2. The summed E-state index contributed by atoms with van der Waals surface area (Å²) in [6.07, 6.45) is 0.0708. The van der Waals surface area contributed by atoms with E-state index >= 15 is 0 Å². The van der Waals surface area contributed by atoms with Gasteiger partial charge >= 0.3 is 0 Å². The molecule has 2 saturated heterocycles. The molecular weight excluding hydrogens is 276 g/mol. The van der Waals surface area contributed by atoms with Crippen LogP contribution in [0.5, 0.6) is 0 Å². The standard InChI is InChI=1S/C14H20N2O5/c1-7(17)11-9-6-8(10-4-5-16(2,3)21-10)12(14(19)20)15(9)13(11)18/h7,9-11,17H,4-6H2,1-3H3/t7-,9-,10-,11-/m1/s1. The van der Waals surface area contributed by atoms with Crippen molar-refractivity contribution < 1.29 is 29.3 Å². The van der Waals surface area contributed by atoms with Gasteiger partial charge in [0.1, 0.15) is 12.6 Å². The number of β-lactam (4-membered cyclic amide) rings is 1. The number of hydroxylamine groups is 3. The largest absolute Gasteiger partial charge is 0.543 e. The second-order valence-electron chi connectivity index (χ2n) is 6.59. The lowest BCUT2D eigenvalue weighted by molar-refractivity contribution is -1.06. The van der Waals surface area contributed by atoms with Gasteiger partial charge in [0.15, 0.2) is 0 Å². The quantitative estimate of drug-likeness (QED) is 0.499. The number of fused-ring (bicyclic) bond motifs is 1. The minimum absolute atomic E-state index is 0.0474. The fourth-order valence-electron chi connectivity index (χ4n) is 3.70. The van der Waals surface area contributed by atoms with Gasteiger partial charge in [-0.15, -0.1) is 0 Å². The van der Waals surface area contributed by atoms with E-state index in [-0.39, 0.29) is 23.8 Å². The van der Waals surface area contributed by atoms with E-state index in [1.165, 1.54) is 4.90 Å². The number of aliphatic carboxylic acids is 1. The Labute approximate surface area is 122 Å². The molecule has 0 saturated carbocycles. The third-order valence-corrected chi connectivity index (χ3v) is 4.69. The van der Waals surface area contributed by atoms with Crippen molar-refractivity contribution in [2.75, 3.05) is 20.6 Å². The summed E-state index contributed by atoms with van der Waals surface area (Å²) >= 11 is 0. The molecule has 0 unspecified atom stereocenters. The molecule has 4 atom stereocenters. The number of carboxylic acid groups (broad SMARTS) is 1. The summed E-state index contributed by atoms with van der Waals surface area (Å²) in [6, 6.07) is -0.278. The Morgan fingerprint density at radius 3 is 2.67 bits per heavy atom. The van der Waals surface area contributed by atoms with Crippen LogP contribution in [0.4, 0.5) is 0 Å². The van der Waals surface area contributed by atoms with Crippen LogP contribution in [0, 0.1) is 5.92 Å². The van der Waals surface area contributed by atoms with Crippen LogP contribution < -0.4 is 5.11 Å². The van der Waals surface area contributed by atoms with Crippen LogP contribution in [0.3, 0.4) is 0 Å². The predicted molar refractivity (Wildman–Crippen MR) is 68.9 cm³/mol. The lowest BCUT2D eigenvalue weighted by Crippen LogP contribution is -2.62. The number of quaternary nitrogens is 1. The number of aliphatic hydroxyl groups excluding tert-OH is 1. The second-order valence-corrected chi connectivity index (χ2v) is 6.59. The zero-order chi connectivity index (χ0) is 15.5. The fourth-order valence-corrected chi connectivity index (χ4v) is 3.70. The maximum atomic E-state index is 12.1. The highest BCUT2D eigenvalue weighted by molar-refractivity contribution is 5.99. The van der Waals surface area contributed by atoms with Crippen LogP contribution >= 0.6 is 0 Å². The molecule has 0 spiro atoms. The Kier molecular flexibility index (Phi) is 3.12. The highest BCUT2D eigenvalue weighted by Crippen LogP contribution is 2.46. The zero-order valence-electron chi connectivity index (χ0n) is 12.4. The number of rotatable bonds is 3. The number of hydrogen-bond donors (Lipinski definition) is 1. The van der Waals surface area contributed by atoms with E-state index in [0.717, 1.165) is 6.54 Å². The minimum Gasteiger partial charge on any atom is -0.543 e. The van der Waals surface area contributed by atoms with Gasteiger partial charge in [0.05, 0.1) is 43.8 Å². The smallest absolute Gasteiger partial charge is 0.235 e. The van der Waals surface area contributed by atoms with Gasteiger partial charge in [-0.3, -0.25) is 4.79 Å². The van der Waals surface area contributed by atoms with Crippen LogP contribution in [0.1, 0.15) is 19.8 Å². The van der Waals surface area contributed by atoms with Gasteiger partial charge in [-0.1, -0.05) is 0 Å². The van der Waals surface area contributed by atoms with E-state index in [1.807, 2.05) is 14.1 Å². The second kappa shape index (κ2) is 4.53. The van der Waals surface area contributed by atoms with Crippen LogP contribution in [0.15, 0.2) is 11.3 Å². The molecule has 0 bridgehead atoms. The average molecular weight is 296 g/mol. The van der Waals surface area contributed by atoms with Crippen molar-refractivity contribution in [2.24, 2.45) is 5.92 Å².